The summed E-state index contributed by atoms with van der Waals surface area (Å²) in [5, 5.41) is 3.74. The number of sulfonamides is 1. The number of fused-ring (bicyclic) bond motifs is 1. The van der Waals surface area contributed by atoms with Gasteiger partial charge >= 0.3 is 0 Å². The van der Waals surface area contributed by atoms with Gasteiger partial charge < -0.3 is 15.2 Å². The summed E-state index contributed by atoms with van der Waals surface area (Å²) in [6, 6.07) is 12.9. The molecule has 2 amide bonds. The van der Waals surface area contributed by atoms with Crippen LogP contribution in [0.4, 0.5) is 0 Å². The first kappa shape index (κ1) is 24.6. The second-order valence-electron chi connectivity index (χ2n) is 8.63. The van der Waals surface area contributed by atoms with Crippen molar-refractivity contribution in [1.82, 2.24) is 19.5 Å². The second kappa shape index (κ2) is 10.0. The number of carbonyl (C=O) groups excluding carboxylic acids is 3. The monoisotopic (exact) mass is 496 g/mol. The smallest absolute Gasteiger partial charge is 0.245 e. The lowest BCUT2D eigenvalue weighted by Gasteiger charge is -2.36. The van der Waals surface area contributed by atoms with E-state index in [0.29, 0.717) is 12.0 Å². The summed E-state index contributed by atoms with van der Waals surface area (Å²) in [5.41, 5.74) is 2.19. The van der Waals surface area contributed by atoms with Crippen LogP contribution in [0, 0.1) is 0 Å². The van der Waals surface area contributed by atoms with Crippen molar-refractivity contribution in [1.29, 1.82) is 0 Å². The minimum absolute atomic E-state index is 0.0560. The van der Waals surface area contributed by atoms with Gasteiger partial charge in [0, 0.05) is 62.2 Å². The molecule has 2 heterocycles. The van der Waals surface area contributed by atoms with E-state index in [1.54, 1.807) is 17.0 Å². The molecule has 0 spiro atoms. The minimum Gasteiger partial charge on any atom is -0.361 e. The largest absolute Gasteiger partial charge is 0.361 e. The van der Waals surface area contributed by atoms with Crippen LogP contribution in [0.2, 0.25) is 0 Å². The molecule has 1 aromatic heterocycles. The van der Waals surface area contributed by atoms with Crippen molar-refractivity contribution in [3.05, 3.63) is 65.9 Å². The summed E-state index contributed by atoms with van der Waals surface area (Å²) >= 11 is 0. The van der Waals surface area contributed by atoms with Crippen molar-refractivity contribution in [3.8, 4) is 0 Å². The molecule has 2 aromatic carbocycles. The van der Waals surface area contributed by atoms with E-state index in [2.05, 4.69) is 10.3 Å². The SMILES string of the molecule is CC(=O)N[C@@H](Cc1c[nH]c2ccccc12)C(=O)N1CCN(S(=O)(=O)c2cccc(C(C)=O)c2)CC1. The number of aromatic amines is 1. The molecule has 0 radical (unpaired) electrons. The third-order valence-corrected chi connectivity index (χ3v) is 8.10. The van der Waals surface area contributed by atoms with Gasteiger partial charge in [0.25, 0.3) is 0 Å². The van der Waals surface area contributed by atoms with E-state index in [1.807, 2.05) is 30.5 Å². The Bertz CT molecular complexity index is 1370. The van der Waals surface area contributed by atoms with E-state index in [-0.39, 0.29) is 48.7 Å². The summed E-state index contributed by atoms with van der Waals surface area (Å²) in [6.45, 7) is 3.41. The van der Waals surface area contributed by atoms with Gasteiger partial charge in [-0.05, 0) is 30.7 Å². The fraction of sp³-hybridized carbons (Fsp3) is 0.320. The molecule has 1 aliphatic heterocycles. The van der Waals surface area contributed by atoms with Gasteiger partial charge in [0.1, 0.15) is 6.04 Å². The number of rotatable bonds is 7. The lowest BCUT2D eigenvalue weighted by Crippen LogP contribution is -2.56. The highest BCUT2D eigenvalue weighted by Crippen LogP contribution is 2.22. The van der Waals surface area contributed by atoms with Crippen molar-refractivity contribution in [3.63, 3.8) is 0 Å². The maximum Gasteiger partial charge on any atom is 0.245 e. The average molecular weight is 497 g/mol. The lowest BCUT2D eigenvalue weighted by atomic mass is 10.0. The Hall–Kier alpha value is -3.50. The Labute approximate surface area is 204 Å². The predicted octanol–water partition coefficient (Wildman–Crippen LogP) is 1.95. The molecule has 1 aliphatic rings. The highest BCUT2D eigenvalue weighted by molar-refractivity contribution is 7.89. The zero-order chi connectivity index (χ0) is 25.2. The molecule has 0 bridgehead atoms. The second-order valence-corrected chi connectivity index (χ2v) is 10.6. The van der Waals surface area contributed by atoms with Gasteiger partial charge in [0.15, 0.2) is 5.78 Å². The van der Waals surface area contributed by atoms with Crippen LogP contribution in [0.1, 0.15) is 29.8 Å². The number of para-hydroxylation sites is 1. The maximum absolute atomic E-state index is 13.3. The van der Waals surface area contributed by atoms with Gasteiger partial charge in [-0.2, -0.15) is 4.31 Å². The fourth-order valence-corrected chi connectivity index (χ4v) is 5.83. The zero-order valence-electron chi connectivity index (χ0n) is 19.7. The van der Waals surface area contributed by atoms with Crippen LogP contribution in [-0.4, -0.2) is 72.4 Å². The number of carbonyl (C=O) groups is 3. The highest BCUT2D eigenvalue weighted by Gasteiger charge is 2.33. The van der Waals surface area contributed by atoms with Crippen LogP contribution in [0.5, 0.6) is 0 Å². The molecule has 0 saturated carbocycles. The number of Topliss-reactive ketones (excluding diaryl/α,β-unsaturated/α-hetero) is 1. The molecule has 3 aromatic rings. The Balaban J connectivity index is 1.46. The topological polar surface area (TPSA) is 120 Å². The number of nitrogens with zero attached hydrogens (tertiary/aromatic N) is 2. The van der Waals surface area contributed by atoms with Crippen molar-refractivity contribution < 1.29 is 22.8 Å². The number of benzene rings is 2. The summed E-state index contributed by atoms with van der Waals surface area (Å²) in [4.78, 5) is 41.7. The number of amides is 2. The van der Waals surface area contributed by atoms with Gasteiger partial charge in [-0.25, -0.2) is 8.42 Å². The molecule has 1 atom stereocenters. The number of hydrogen-bond donors (Lipinski definition) is 2. The van der Waals surface area contributed by atoms with Gasteiger partial charge in [-0.3, -0.25) is 14.4 Å². The highest BCUT2D eigenvalue weighted by atomic mass is 32.2. The number of ketones is 1. The van der Waals surface area contributed by atoms with Gasteiger partial charge in [-0.1, -0.05) is 30.3 Å². The quantitative estimate of drug-likeness (QED) is 0.485. The van der Waals surface area contributed by atoms with Crippen LogP contribution in [0.15, 0.2) is 59.6 Å². The van der Waals surface area contributed by atoms with Crippen molar-refractivity contribution in [2.75, 3.05) is 26.2 Å². The molecule has 1 fully saturated rings. The molecular weight excluding hydrogens is 468 g/mol. The summed E-state index contributed by atoms with van der Waals surface area (Å²) < 4.78 is 27.5. The number of aromatic nitrogens is 1. The summed E-state index contributed by atoms with van der Waals surface area (Å²) in [5.74, 6) is -0.771. The molecule has 9 nitrogen and oxygen atoms in total. The van der Waals surface area contributed by atoms with Crippen molar-refractivity contribution in [2.24, 2.45) is 0 Å². The third-order valence-electron chi connectivity index (χ3n) is 6.20. The Morgan fingerprint density at radius 1 is 1.00 bits per heavy atom. The lowest BCUT2D eigenvalue weighted by molar-refractivity contribution is -0.137. The summed E-state index contributed by atoms with van der Waals surface area (Å²) in [6.07, 6.45) is 2.16. The number of piperazine rings is 1. The van der Waals surface area contributed by atoms with E-state index < -0.39 is 16.1 Å². The minimum atomic E-state index is -3.80. The van der Waals surface area contributed by atoms with Crippen LogP contribution >= 0.6 is 0 Å². The first-order chi connectivity index (χ1) is 16.7. The van der Waals surface area contributed by atoms with E-state index in [9.17, 15) is 22.8 Å². The number of nitrogens with one attached hydrogen (secondary N) is 2. The van der Waals surface area contributed by atoms with Gasteiger partial charge in [-0.15, -0.1) is 0 Å². The molecule has 2 N–H and O–H groups in total. The average Bonchev–Trinajstić information content (AvgIpc) is 3.26. The van der Waals surface area contributed by atoms with Crippen LogP contribution in [-0.2, 0) is 26.0 Å². The predicted molar refractivity (Wildman–Crippen MR) is 131 cm³/mol. The Morgan fingerprint density at radius 2 is 1.71 bits per heavy atom. The van der Waals surface area contributed by atoms with Crippen LogP contribution in [0.3, 0.4) is 0 Å². The molecular formula is C25H28N4O5S. The molecule has 10 heteroatoms. The Kier molecular flexibility index (Phi) is 7.04. The van der Waals surface area contributed by atoms with Crippen molar-refractivity contribution >= 4 is 38.5 Å². The first-order valence-electron chi connectivity index (χ1n) is 11.4. The zero-order valence-corrected chi connectivity index (χ0v) is 20.5. The Morgan fingerprint density at radius 3 is 2.40 bits per heavy atom. The van der Waals surface area contributed by atoms with Crippen LogP contribution < -0.4 is 5.32 Å². The standard InChI is InChI=1S/C25H28N4O5S/c1-17(30)19-6-5-7-21(14-19)35(33,34)29-12-10-28(11-13-29)25(32)24(27-18(2)31)15-20-16-26-23-9-4-3-8-22(20)23/h3-9,14,16,24,26H,10-13,15H2,1-2H3,(H,27,31)/t24-/m0/s1. The van der Waals surface area contributed by atoms with Crippen molar-refractivity contribution in [2.45, 2.75) is 31.2 Å². The molecule has 0 unspecified atom stereocenters. The maximum atomic E-state index is 13.3. The molecule has 35 heavy (non-hydrogen) atoms. The van der Waals surface area contributed by atoms with E-state index >= 15 is 0 Å². The van der Waals surface area contributed by atoms with Gasteiger partial charge in [0.2, 0.25) is 21.8 Å². The third kappa shape index (κ3) is 5.28. The van der Waals surface area contributed by atoms with Gasteiger partial charge in [0.05, 0.1) is 4.90 Å². The van der Waals surface area contributed by atoms with Crippen LogP contribution in [0.25, 0.3) is 10.9 Å². The molecule has 4 rings (SSSR count). The molecule has 184 valence electrons. The first-order valence-corrected chi connectivity index (χ1v) is 12.8. The summed E-state index contributed by atoms with van der Waals surface area (Å²) in [7, 11) is -3.80. The van der Waals surface area contributed by atoms with E-state index in [4.69, 9.17) is 0 Å². The molecule has 0 aliphatic carbocycles. The van der Waals surface area contributed by atoms with E-state index in [1.165, 1.54) is 30.3 Å². The van der Waals surface area contributed by atoms with E-state index in [0.717, 1.165) is 16.5 Å². The molecule has 1 saturated heterocycles. The fourth-order valence-electron chi connectivity index (χ4n) is 4.36. The number of H-pyrrole nitrogens is 1. The normalized spacial score (nSPS) is 15.7. The number of hydrogen-bond acceptors (Lipinski definition) is 5.